The molecule has 2 unspecified atom stereocenters. The van der Waals surface area contributed by atoms with E-state index in [1.54, 1.807) is 13.0 Å². The minimum atomic E-state index is -0.470. The van der Waals surface area contributed by atoms with Gasteiger partial charge in [0.15, 0.2) is 6.29 Å². The summed E-state index contributed by atoms with van der Waals surface area (Å²) in [5.41, 5.74) is 5.28. The lowest BCUT2D eigenvalue weighted by atomic mass is 9.99. The summed E-state index contributed by atoms with van der Waals surface area (Å²) in [7, 11) is 0. The van der Waals surface area contributed by atoms with Crippen LogP contribution in [0, 0.1) is 0 Å². The minimum Gasteiger partial charge on any atom is -0.393 e. The smallest absolute Gasteiger partial charge is 0.158 e. The second kappa shape index (κ2) is 4.62. The zero-order chi connectivity index (χ0) is 11.5. The van der Waals surface area contributed by atoms with Gasteiger partial charge >= 0.3 is 0 Å². The van der Waals surface area contributed by atoms with Crippen molar-refractivity contribution < 1.29 is 14.6 Å². The lowest BCUT2D eigenvalue weighted by molar-refractivity contribution is -0.104. The topological polar surface area (TPSA) is 49.8 Å². The molecule has 3 heteroatoms. The monoisotopic (exact) mass is 218 g/mol. The number of aldehydes is 1. The first-order valence-electron chi connectivity index (χ1n) is 5.33. The lowest BCUT2D eigenvalue weighted by Gasteiger charge is -2.08. The third-order valence-corrected chi connectivity index (χ3v) is 2.54. The molecule has 1 saturated heterocycles. The number of allylic oxidation sites excluding steroid dienone is 2. The molecule has 2 aliphatic rings. The Kier molecular flexibility index (Phi) is 3.20. The van der Waals surface area contributed by atoms with Gasteiger partial charge < -0.3 is 9.84 Å². The van der Waals surface area contributed by atoms with Crippen LogP contribution in [0.5, 0.6) is 0 Å². The van der Waals surface area contributed by atoms with E-state index in [9.17, 15) is 9.90 Å². The summed E-state index contributed by atoms with van der Waals surface area (Å²) < 4.78 is 5.20. The van der Waals surface area contributed by atoms with Crippen molar-refractivity contribution in [1.29, 1.82) is 0 Å². The highest BCUT2D eigenvalue weighted by atomic mass is 16.6. The van der Waals surface area contributed by atoms with Gasteiger partial charge in [0.2, 0.25) is 0 Å². The van der Waals surface area contributed by atoms with Crippen LogP contribution >= 0.6 is 0 Å². The number of aliphatic hydroxyl groups is 1. The molecule has 0 bridgehead atoms. The largest absolute Gasteiger partial charge is 0.393 e. The molecule has 16 heavy (non-hydrogen) atoms. The van der Waals surface area contributed by atoms with Gasteiger partial charge in [-0.15, -0.1) is 5.73 Å². The van der Waals surface area contributed by atoms with Crippen molar-refractivity contribution in [2.24, 2.45) is 0 Å². The Balaban J connectivity index is 2.28. The highest BCUT2D eigenvalue weighted by molar-refractivity contribution is 5.80. The van der Waals surface area contributed by atoms with Crippen molar-refractivity contribution in [3.8, 4) is 0 Å². The summed E-state index contributed by atoms with van der Waals surface area (Å²) in [5, 5.41) is 9.39. The molecule has 2 atom stereocenters. The summed E-state index contributed by atoms with van der Waals surface area (Å²) in [6, 6.07) is 0. The number of aliphatic hydroxyl groups excluding tert-OH is 1. The normalized spacial score (nSPS) is 25.1. The van der Waals surface area contributed by atoms with E-state index in [2.05, 4.69) is 5.73 Å². The Morgan fingerprint density at radius 3 is 3.06 bits per heavy atom. The van der Waals surface area contributed by atoms with Crippen molar-refractivity contribution in [1.82, 2.24) is 0 Å². The second-order valence-electron chi connectivity index (χ2n) is 4.05. The Labute approximate surface area is 94.4 Å². The molecular formula is C13H14O3. The molecule has 0 aromatic carbocycles. The summed E-state index contributed by atoms with van der Waals surface area (Å²) in [6.45, 7) is 2.43. The Morgan fingerprint density at radius 1 is 1.75 bits per heavy atom. The van der Waals surface area contributed by atoms with Gasteiger partial charge in [-0.1, -0.05) is 6.08 Å². The first kappa shape index (κ1) is 11.1. The Hall–Kier alpha value is -1.41. The molecule has 0 radical (unpaired) electrons. The number of carbonyl (C=O) groups excluding carboxylic acids is 1. The van der Waals surface area contributed by atoms with Crippen molar-refractivity contribution in [2.45, 2.75) is 25.6 Å². The fraction of sp³-hybridized carbons (Fsp3) is 0.385. The van der Waals surface area contributed by atoms with Crippen LogP contribution in [0.3, 0.4) is 0 Å². The zero-order valence-electron chi connectivity index (χ0n) is 9.14. The summed E-state index contributed by atoms with van der Waals surface area (Å²) in [6.07, 6.45) is 6.46. The van der Waals surface area contributed by atoms with Crippen LogP contribution in [0.2, 0.25) is 0 Å². The van der Waals surface area contributed by atoms with E-state index in [-0.39, 0.29) is 6.10 Å². The fourth-order valence-corrected chi connectivity index (χ4v) is 1.69. The molecule has 1 heterocycles. The third-order valence-electron chi connectivity index (χ3n) is 2.54. The van der Waals surface area contributed by atoms with Gasteiger partial charge in [0.25, 0.3) is 0 Å². The highest BCUT2D eigenvalue weighted by Crippen LogP contribution is 2.26. The molecule has 1 fully saturated rings. The van der Waals surface area contributed by atoms with Crippen LogP contribution in [-0.2, 0) is 9.53 Å². The van der Waals surface area contributed by atoms with Crippen LogP contribution < -0.4 is 0 Å². The van der Waals surface area contributed by atoms with Gasteiger partial charge in [0, 0.05) is 0 Å². The molecule has 1 N–H and O–H groups in total. The SMILES string of the molecule is CC(O)CC1=CC(C2CO2)=CC=C=C1C=O. The maximum absolute atomic E-state index is 10.9. The van der Waals surface area contributed by atoms with Crippen LogP contribution in [0.15, 0.2) is 40.7 Å². The molecule has 84 valence electrons. The van der Waals surface area contributed by atoms with Gasteiger partial charge in [0.1, 0.15) is 6.10 Å². The minimum absolute atomic E-state index is 0.146. The molecule has 0 spiro atoms. The predicted molar refractivity (Wildman–Crippen MR) is 59.9 cm³/mol. The average molecular weight is 218 g/mol. The van der Waals surface area contributed by atoms with Gasteiger partial charge in [-0.05, 0) is 36.6 Å². The second-order valence-corrected chi connectivity index (χ2v) is 4.05. The number of rotatable bonds is 4. The first-order valence-corrected chi connectivity index (χ1v) is 5.33. The maximum atomic E-state index is 10.9. The van der Waals surface area contributed by atoms with E-state index in [0.717, 1.165) is 24.0 Å². The molecular weight excluding hydrogens is 204 g/mol. The number of epoxide rings is 1. The molecule has 3 nitrogen and oxygen atoms in total. The quantitative estimate of drug-likeness (QED) is 0.439. The Morgan fingerprint density at radius 2 is 2.50 bits per heavy atom. The Bertz CT molecular complexity index is 416. The van der Waals surface area contributed by atoms with Gasteiger partial charge in [0.05, 0.1) is 18.3 Å². The van der Waals surface area contributed by atoms with Crippen molar-refractivity contribution in [3.63, 3.8) is 0 Å². The third kappa shape index (κ3) is 2.58. The number of hydrogen-bond donors (Lipinski definition) is 1. The lowest BCUT2D eigenvalue weighted by Crippen LogP contribution is -2.04. The average Bonchev–Trinajstić information content (AvgIpc) is 3.02. The van der Waals surface area contributed by atoms with E-state index < -0.39 is 6.10 Å². The number of hydrogen-bond acceptors (Lipinski definition) is 3. The molecule has 1 aliphatic carbocycles. The number of ether oxygens (including phenoxy) is 1. The summed E-state index contributed by atoms with van der Waals surface area (Å²) in [4.78, 5) is 10.9. The van der Waals surface area contributed by atoms with Gasteiger partial charge in [-0.25, -0.2) is 0 Å². The maximum Gasteiger partial charge on any atom is 0.158 e. The molecule has 0 aromatic rings. The standard InChI is InChI=1S/C13H14O3/c1-9(15)5-12-6-10(13-8-16-13)3-2-4-11(12)7-14/h2-3,6-7,9,13,15H,5,8H2,1H3. The molecule has 0 amide bonds. The van der Waals surface area contributed by atoms with E-state index in [0.29, 0.717) is 12.0 Å². The van der Waals surface area contributed by atoms with E-state index >= 15 is 0 Å². The van der Waals surface area contributed by atoms with Crippen molar-refractivity contribution in [2.75, 3.05) is 6.61 Å². The molecule has 1 aliphatic heterocycles. The van der Waals surface area contributed by atoms with Gasteiger partial charge in [-0.3, -0.25) is 4.79 Å². The van der Waals surface area contributed by atoms with E-state index in [1.165, 1.54) is 0 Å². The molecule has 0 saturated carbocycles. The van der Waals surface area contributed by atoms with E-state index in [1.807, 2.05) is 12.2 Å². The molecule has 2 rings (SSSR count). The van der Waals surface area contributed by atoms with Crippen molar-refractivity contribution in [3.05, 3.63) is 40.7 Å². The van der Waals surface area contributed by atoms with Crippen LogP contribution in [0.25, 0.3) is 0 Å². The number of carbonyl (C=O) groups is 1. The highest BCUT2D eigenvalue weighted by Gasteiger charge is 2.26. The van der Waals surface area contributed by atoms with E-state index in [4.69, 9.17) is 4.74 Å². The van der Waals surface area contributed by atoms with Crippen LogP contribution in [0.4, 0.5) is 0 Å². The summed E-state index contributed by atoms with van der Waals surface area (Å²) >= 11 is 0. The van der Waals surface area contributed by atoms with Crippen LogP contribution in [0.1, 0.15) is 13.3 Å². The zero-order valence-corrected chi connectivity index (χ0v) is 9.14. The summed E-state index contributed by atoms with van der Waals surface area (Å²) in [5.74, 6) is 0. The van der Waals surface area contributed by atoms with Crippen LogP contribution in [-0.4, -0.2) is 30.2 Å². The van der Waals surface area contributed by atoms with Gasteiger partial charge in [-0.2, -0.15) is 0 Å². The molecule has 0 aromatic heterocycles. The fourth-order valence-electron chi connectivity index (χ4n) is 1.69. The predicted octanol–water partition coefficient (Wildman–Crippen LogP) is 1.30. The first-order chi connectivity index (χ1) is 7.70. The van der Waals surface area contributed by atoms with Crippen molar-refractivity contribution >= 4 is 6.29 Å².